The molecule has 2 aromatic rings. The Bertz CT molecular complexity index is 999. The number of carbonyl (C=O) groups is 1. The van der Waals surface area contributed by atoms with Crippen LogP contribution in [-0.2, 0) is 32.0 Å². The normalized spacial score (nSPS) is 20.2. The Hall–Kier alpha value is -1.86. The van der Waals surface area contributed by atoms with Crippen LogP contribution in [0.5, 0.6) is 0 Å². The van der Waals surface area contributed by atoms with E-state index in [1.165, 1.54) is 18.2 Å². The van der Waals surface area contributed by atoms with Crippen LogP contribution in [0.25, 0.3) is 0 Å². The largest absolute Gasteiger partial charge is 0.469 e. The molecule has 1 N–H and O–H groups in total. The summed E-state index contributed by atoms with van der Waals surface area (Å²) in [6.07, 6.45) is 7.94. The van der Waals surface area contributed by atoms with Crippen molar-refractivity contribution in [1.29, 1.82) is 0 Å². The average molecular weight is 527 g/mol. The Labute approximate surface area is 226 Å². The number of ether oxygens (including phenoxy) is 3. The minimum absolute atomic E-state index is 0.0748. The minimum atomic E-state index is -0.431. The molecular weight excluding hydrogens is 484 g/mol. The molecule has 1 aliphatic carbocycles. The second kappa shape index (κ2) is 13.8. The molecule has 0 amide bonds. The lowest BCUT2D eigenvalue weighted by Gasteiger charge is -2.24. The van der Waals surface area contributed by atoms with Gasteiger partial charge in [0.1, 0.15) is 0 Å². The predicted molar refractivity (Wildman–Crippen MR) is 148 cm³/mol. The molecule has 37 heavy (non-hydrogen) atoms. The van der Waals surface area contributed by atoms with Crippen molar-refractivity contribution < 1.29 is 24.1 Å². The molecule has 1 saturated carbocycles. The minimum Gasteiger partial charge on any atom is -0.469 e. The number of aryl methyl sites for hydroxylation is 1. The predicted octanol–water partition coefficient (Wildman–Crippen LogP) is 6.92. The topological polar surface area (TPSA) is 65.0 Å². The number of hydrogen-bond donors (Lipinski definition) is 1. The molecule has 5 nitrogen and oxygen atoms in total. The first-order valence-electron chi connectivity index (χ1n) is 13.8. The van der Waals surface area contributed by atoms with Crippen LogP contribution in [-0.4, -0.2) is 36.8 Å². The average Bonchev–Trinajstić information content (AvgIpc) is 3.71. The van der Waals surface area contributed by atoms with Crippen molar-refractivity contribution in [2.45, 2.75) is 89.0 Å². The third-order valence-corrected chi connectivity index (χ3v) is 9.36. The van der Waals surface area contributed by atoms with E-state index in [1.807, 2.05) is 30.8 Å². The van der Waals surface area contributed by atoms with Crippen molar-refractivity contribution in [3.8, 4) is 0 Å². The van der Waals surface area contributed by atoms with E-state index in [4.69, 9.17) is 14.2 Å². The second-order valence-electron chi connectivity index (χ2n) is 10.6. The summed E-state index contributed by atoms with van der Waals surface area (Å²) in [5, 5.41) is 10.8. The number of benzene rings is 2. The first-order chi connectivity index (χ1) is 18.0. The summed E-state index contributed by atoms with van der Waals surface area (Å²) < 4.78 is 16.8. The summed E-state index contributed by atoms with van der Waals surface area (Å²) in [7, 11) is 1.47. The maximum Gasteiger partial charge on any atom is 0.306 e. The van der Waals surface area contributed by atoms with Gasteiger partial charge in [-0.15, -0.1) is 0 Å². The molecule has 2 aliphatic rings. The highest BCUT2D eigenvalue weighted by Gasteiger charge is 2.45. The fourth-order valence-electron chi connectivity index (χ4n) is 5.06. The summed E-state index contributed by atoms with van der Waals surface area (Å²) in [6.45, 7) is 3.35. The van der Waals surface area contributed by atoms with Crippen LogP contribution in [0.3, 0.4) is 0 Å². The van der Waals surface area contributed by atoms with Crippen LogP contribution >= 0.6 is 11.8 Å². The lowest BCUT2D eigenvalue weighted by Crippen LogP contribution is -2.22. The van der Waals surface area contributed by atoms with Crippen LogP contribution in [0.15, 0.2) is 48.5 Å². The molecule has 2 aromatic carbocycles. The van der Waals surface area contributed by atoms with E-state index in [9.17, 15) is 9.90 Å². The third kappa shape index (κ3) is 8.31. The Morgan fingerprint density at radius 1 is 1.19 bits per heavy atom. The van der Waals surface area contributed by atoms with Crippen molar-refractivity contribution in [3.63, 3.8) is 0 Å². The lowest BCUT2D eigenvalue weighted by molar-refractivity contribution is -0.168. The molecule has 3 atom stereocenters. The highest BCUT2D eigenvalue weighted by atomic mass is 32.2. The first-order valence-corrected chi connectivity index (χ1v) is 14.8. The number of esters is 1. The van der Waals surface area contributed by atoms with E-state index in [0.29, 0.717) is 19.4 Å². The maximum atomic E-state index is 12.0. The van der Waals surface area contributed by atoms with Crippen molar-refractivity contribution in [3.05, 3.63) is 70.8 Å². The second-order valence-corrected chi connectivity index (χ2v) is 11.8. The fourth-order valence-corrected chi connectivity index (χ4v) is 6.63. The van der Waals surface area contributed by atoms with Gasteiger partial charge in [-0.25, -0.2) is 0 Å². The van der Waals surface area contributed by atoms with E-state index in [-0.39, 0.29) is 22.9 Å². The summed E-state index contributed by atoms with van der Waals surface area (Å²) in [5.74, 6) is 0.837. The monoisotopic (exact) mass is 526 g/mol. The van der Waals surface area contributed by atoms with Gasteiger partial charge in [0.2, 0.25) is 0 Å². The van der Waals surface area contributed by atoms with Gasteiger partial charge in [0.25, 0.3) is 0 Å². The van der Waals surface area contributed by atoms with Crippen LogP contribution < -0.4 is 0 Å². The molecule has 202 valence electrons. The molecule has 0 aromatic heterocycles. The van der Waals surface area contributed by atoms with Crippen molar-refractivity contribution >= 4 is 17.7 Å². The van der Waals surface area contributed by atoms with Crippen LogP contribution in [0.4, 0.5) is 0 Å². The van der Waals surface area contributed by atoms with Gasteiger partial charge in [-0.05, 0) is 79.0 Å². The van der Waals surface area contributed by atoms with Gasteiger partial charge in [-0.3, -0.25) is 4.79 Å². The Morgan fingerprint density at radius 2 is 2.03 bits per heavy atom. The number of thioether (sulfide) groups is 1. The van der Waals surface area contributed by atoms with Gasteiger partial charge in [0.15, 0.2) is 6.29 Å². The van der Waals surface area contributed by atoms with Gasteiger partial charge in [-0.2, -0.15) is 11.8 Å². The molecule has 1 aliphatic heterocycles. The zero-order valence-electron chi connectivity index (χ0n) is 22.3. The number of aliphatic hydroxyl groups excluding tert-OH is 1. The summed E-state index contributed by atoms with van der Waals surface area (Å²) in [6, 6.07) is 17.0. The molecule has 2 fully saturated rings. The standard InChI is InChI=1S/C31H42O5S/c1-3-27(32)26-12-5-4-10-24(26)14-15-28(37-22-31(16-17-31)20-29(33)34-2)25-11-8-9-23(19-25)21-36-30-13-6-7-18-35-30/h4-5,8-12,19,27-28,30,32H,3,6-7,13-18,20-22H2,1-2H3/t27?,28-,30?/m1/s1. The molecule has 4 rings (SSSR count). The van der Waals surface area contributed by atoms with Crippen molar-refractivity contribution in [2.24, 2.45) is 5.41 Å². The molecule has 0 radical (unpaired) electrons. The number of aliphatic hydroxyl groups is 1. The molecule has 0 bridgehead atoms. The van der Waals surface area contributed by atoms with Crippen LogP contribution in [0, 0.1) is 5.41 Å². The van der Waals surface area contributed by atoms with Crippen molar-refractivity contribution in [1.82, 2.24) is 0 Å². The van der Waals surface area contributed by atoms with Crippen LogP contribution in [0.1, 0.15) is 91.9 Å². The zero-order chi connectivity index (χ0) is 26.1. The molecule has 1 heterocycles. The smallest absolute Gasteiger partial charge is 0.306 e. The fraction of sp³-hybridized carbons (Fsp3) is 0.581. The third-order valence-electron chi connectivity index (χ3n) is 7.67. The summed E-state index contributed by atoms with van der Waals surface area (Å²) in [4.78, 5) is 12.0. The Morgan fingerprint density at radius 3 is 2.76 bits per heavy atom. The number of hydrogen-bond acceptors (Lipinski definition) is 6. The van der Waals surface area contributed by atoms with Gasteiger partial charge in [0, 0.05) is 17.6 Å². The maximum absolute atomic E-state index is 12.0. The van der Waals surface area contributed by atoms with Gasteiger partial charge in [-0.1, -0.05) is 55.5 Å². The lowest BCUT2D eigenvalue weighted by atomic mass is 9.95. The van der Waals surface area contributed by atoms with Gasteiger partial charge < -0.3 is 19.3 Å². The number of rotatable bonds is 14. The molecule has 1 saturated heterocycles. The summed E-state index contributed by atoms with van der Waals surface area (Å²) >= 11 is 1.95. The van der Waals surface area contributed by atoms with E-state index in [2.05, 4.69) is 36.4 Å². The zero-order valence-corrected chi connectivity index (χ0v) is 23.1. The quantitative estimate of drug-likeness (QED) is 0.270. The Balaban J connectivity index is 1.46. The van der Waals surface area contributed by atoms with E-state index < -0.39 is 6.10 Å². The van der Waals surface area contributed by atoms with E-state index in [0.717, 1.165) is 68.4 Å². The molecular formula is C31H42O5S. The first kappa shape index (κ1) is 28.2. The van der Waals surface area contributed by atoms with Gasteiger partial charge in [0.05, 0.1) is 26.2 Å². The van der Waals surface area contributed by atoms with Crippen molar-refractivity contribution in [2.75, 3.05) is 19.5 Å². The van der Waals surface area contributed by atoms with E-state index in [1.54, 1.807) is 0 Å². The van der Waals surface area contributed by atoms with Gasteiger partial charge >= 0.3 is 5.97 Å². The SMILES string of the molecule is CCC(O)c1ccccc1CC[C@@H](SCC1(CC(=O)OC)CC1)c1cccc(COC2CCCCO2)c1. The van der Waals surface area contributed by atoms with Crippen LogP contribution in [0.2, 0.25) is 0 Å². The highest BCUT2D eigenvalue weighted by molar-refractivity contribution is 7.99. The summed E-state index contributed by atoms with van der Waals surface area (Å²) in [5.41, 5.74) is 4.78. The number of carbonyl (C=O) groups excluding carboxylic acids is 1. The highest BCUT2D eigenvalue weighted by Crippen LogP contribution is 2.53. The number of methoxy groups -OCH3 is 1. The van der Waals surface area contributed by atoms with E-state index >= 15 is 0 Å². The molecule has 2 unspecified atom stereocenters. The molecule has 0 spiro atoms. The molecule has 6 heteroatoms. The Kier molecular flexibility index (Phi) is 10.5.